The molecule has 1 aliphatic heterocycles. The maximum Gasteiger partial charge on any atom is 0.234 e. The number of fused-ring (bicyclic) bond motifs is 1. The van der Waals surface area contributed by atoms with Crippen molar-refractivity contribution in [1.29, 1.82) is 0 Å². The third-order valence-corrected chi connectivity index (χ3v) is 6.12. The number of para-hydroxylation sites is 2. The van der Waals surface area contributed by atoms with E-state index < -0.39 is 0 Å². The number of piperidine rings is 1. The normalized spacial score (nSPS) is 15.3. The molecule has 5 rings (SSSR count). The van der Waals surface area contributed by atoms with E-state index in [1.54, 1.807) is 0 Å². The van der Waals surface area contributed by atoms with E-state index in [1.165, 1.54) is 0 Å². The van der Waals surface area contributed by atoms with Crippen LogP contribution in [-0.2, 0) is 11.3 Å². The van der Waals surface area contributed by atoms with E-state index in [0.717, 1.165) is 60.0 Å². The minimum atomic E-state index is -0.00486. The second kappa shape index (κ2) is 9.18. The fourth-order valence-electron chi connectivity index (χ4n) is 4.09. The smallest absolute Gasteiger partial charge is 0.234 e. The summed E-state index contributed by atoms with van der Waals surface area (Å²) in [7, 11) is 0. The second-order valence-corrected chi connectivity index (χ2v) is 8.56. The highest BCUT2D eigenvalue weighted by Crippen LogP contribution is 2.30. The van der Waals surface area contributed by atoms with Gasteiger partial charge in [0.05, 0.1) is 13.1 Å². The fraction of sp³-hybridized carbons (Fsp3) is 0.280. The molecule has 1 fully saturated rings. The summed E-state index contributed by atoms with van der Waals surface area (Å²) < 4.78 is 11.8. The molecule has 0 saturated carbocycles. The Hall–Kier alpha value is -3.09. The number of benzene rings is 2. The quantitative estimate of drug-likeness (QED) is 0.436. The first-order valence-electron chi connectivity index (χ1n) is 10.8. The van der Waals surface area contributed by atoms with Gasteiger partial charge in [-0.25, -0.2) is 4.98 Å². The lowest BCUT2D eigenvalue weighted by Gasteiger charge is -2.29. The van der Waals surface area contributed by atoms with Gasteiger partial charge < -0.3 is 14.2 Å². The number of nitrogens with zero attached hydrogens (tertiary/aromatic N) is 2. The number of likely N-dealkylation sites (tertiary alicyclic amines) is 1. The molecule has 1 amide bonds. The molecule has 1 aliphatic rings. The van der Waals surface area contributed by atoms with E-state index in [2.05, 4.69) is 15.2 Å². The van der Waals surface area contributed by atoms with Crippen LogP contribution >= 0.6 is 11.6 Å². The van der Waals surface area contributed by atoms with Crippen LogP contribution in [0.25, 0.3) is 22.4 Å². The molecule has 6 nitrogen and oxygen atoms in total. The fourth-order valence-corrected chi connectivity index (χ4v) is 4.22. The Balaban J connectivity index is 1.09. The molecule has 2 aromatic carbocycles. The Kier molecular flexibility index (Phi) is 5.97. The molecule has 0 aliphatic carbocycles. The highest BCUT2D eigenvalue weighted by molar-refractivity contribution is 6.30. The van der Waals surface area contributed by atoms with Crippen LogP contribution in [0.2, 0.25) is 5.02 Å². The molecule has 0 bridgehead atoms. The van der Waals surface area contributed by atoms with Crippen molar-refractivity contribution in [2.24, 2.45) is 0 Å². The number of rotatable bonds is 6. The molecule has 0 atom stereocenters. The summed E-state index contributed by atoms with van der Waals surface area (Å²) >= 11 is 5.93. The average Bonchev–Trinajstić information content (AvgIpc) is 3.46. The first kappa shape index (κ1) is 20.8. The summed E-state index contributed by atoms with van der Waals surface area (Å²) in [4.78, 5) is 19.2. The summed E-state index contributed by atoms with van der Waals surface area (Å²) in [6.07, 6.45) is 1.87. The topological polar surface area (TPSA) is 71.5 Å². The highest BCUT2D eigenvalue weighted by Gasteiger charge is 2.25. The van der Waals surface area contributed by atoms with Gasteiger partial charge in [-0.1, -0.05) is 23.7 Å². The molecular weight excluding hydrogens is 426 g/mol. The SMILES string of the molecule is O=C(CN1CCC(c2nc3ccccc3o2)CC1)NCc1ccc(-c2ccc(Cl)cc2)o1. The third kappa shape index (κ3) is 4.71. The molecule has 7 heteroatoms. The molecule has 0 unspecified atom stereocenters. The first-order chi connectivity index (χ1) is 15.6. The second-order valence-electron chi connectivity index (χ2n) is 8.12. The van der Waals surface area contributed by atoms with Crippen molar-refractivity contribution in [1.82, 2.24) is 15.2 Å². The van der Waals surface area contributed by atoms with Crippen LogP contribution in [0.15, 0.2) is 69.5 Å². The third-order valence-electron chi connectivity index (χ3n) is 5.86. The number of hydrogen-bond donors (Lipinski definition) is 1. The van der Waals surface area contributed by atoms with Crippen LogP contribution < -0.4 is 5.32 Å². The first-order valence-corrected chi connectivity index (χ1v) is 11.2. The molecule has 1 saturated heterocycles. The maximum absolute atomic E-state index is 12.4. The van der Waals surface area contributed by atoms with Crippen LogP contribution in [-0.4, -0.2) is 35.4 Å². The van der Waals surface area contributed by atoms with Crippen LogP contribution in [0.1, 0.15) is 30.4 Å². The minimum Gasteiger partial charge on any atom is -0.459 e. The van der Waals surface area contributed by atoms with E-state index in [-0.39, 0.29) is 5.91 Å². The molecule has 164 valence electrons. The summed E-state index contributed by atoms with van der Waals surface area (Å²) in [6.45, 7) is 2.44. The lowest BCUT2D eigenvalue weighted by atomic mass is 9.97. The number of carbonyl (C=O) groups is 1. The number of amides is 1. The van der Waals surface area contributed by atoms with E-state index >= 15 is 0 Å². The zero-order valence-corrected chi connectivity index (χ0v) is 18.3. The van der Waals surface area contributed by atoms with Crippen molar-refractivity contribution in [3.8, 4) is 11.3 Å². The van der Waals surface area contributed by atoms with Crippen molar-refractivity contribution in [2.45, 2.75) is 25.3 Å². The van der Waals surface area contributed by atoms with Gasteiger partial charge in [0.1, 0.15) is 17.0 Å². The van der Waals surface area contributed by atoms with Gasteiger partial charge in [-0.05, 0) is 74.5 Å². The summed E-state index contributed by atoms with van der Waals surface area (Å²) in [5.41, 5.74) is 2.69. The largest absolute Gasteiger partial charge is 0.459 e. The Labute approximate surface area is 191 Å². The zero-order chi connectivity index (χ0) is 21.9. The molecule has 3 heterocycles. The van der Waals surface area contributed by atoms with Gasteiger partial charge >= 0.3 is 0 Å². The van der Waals surface area contributed by atoms with Gasteiger partial charge in [-0.15, -0.1) is 0 Å². The average molecular weight is 450 g/mol. The lowest BCUT2D eigenvalue weighted by Crippen LogP contribution is -2.41. The Morgan fingerprint density at radius 1 is 1.03 bits per heavy atom. The molecule has 1 N–H and O–H groups in total. The number of aromatic nitrogens is 1. The molecule has 4 aromatic rings. The predicted octanol–water partition coefficient (Wildman–Crippen LogP) is 5.24. The molecule has 2 aromatic heterocycles. The number of carbonyl (C=O) groups excluding carboxylic acids is 1. The Morgan fingerprint density at radius 3 is 2.59 bits per heavy atom. The molecule has 0 spiro atoms. The Bertz CT molecular complexity index is 1170. The van der Waals surface area contributed by atoms with E-state index in [0.29, 0.717) is 24.0 Å². The van der Waals surface area contributed by atoms with Gasteiger partial charge in [0.25, 0.3) is 0 Å². The number of furan rings is 1. The summed E-state index contributed by atoms with van der Waals surface area (Å²) in [5.74, 6) is 2.58. The molecule has 32 heavy (non-hydrogen) atoms. The van der Waals surface area contributed by atoms with Gasteiger partial charge in [0, 0.05) is 16.5 Å². The molecular formula is C25H24ClN3O3. The number of halogens is 1. The highest BCUT2D eigenvalue weighted by atomic mass is 35.5. The van der Waals surface area contributed by atoms with Gasteiger partial charge in [-0.2, -0.15) is 0 Å². The van der Waals surface area contributed by atoms with E-state index in [9.17, 15) is 4.79 Å². The van der Waals surface area contributed by atoms with Crippen molar-refractivity contribution < 1.29 is 13.6 Å². The van der Waals surface area contributed by atoms with Crippen LogP contribution in [0.5, 0.6) is 0 Å². The maximum atomic E-state index is 12.4. The lowest BCUT2D eigenvalue weighted by molar-refractivity contribution is -0.122. The number of hydrogen-bond acceptors (Lipinski definition) is 5. The van der Waals surface area contributed by atoms with Crippen molar-refractivity contribution in [3.05, 3.63) is 77.3 Å². The molecule has 0 radical (unpaired) electrons. The van der Waals surface area contributed by atoms with Crippen molar-refractivity contribution >= 4 is 28.6 Å². The van der Waals surface area contributed by atoms with Gasteiger partial charge in [-0.3, -0.25) is 9.69 Å². The van der Waals surface area contributed by atoms with E-state index in [1.807, 2.05) is 60.7 Å². The van der Waals surface area contributed by atoms with Crippen molar-refractivity contribution in [3.63, 3.8) is 0 Å². The number of oxazole rings is 1. The Morgan fingerprint density at radius 2 is 1.81 bits per heavy atom. The van der Waals surface area contributed by atoms with Gasteiger partial charge in [0.2, 0.25) is 5.91 Å². The van der Waals surface area contributed by atoms with Crippen LogP contribution in [0.4, 0.5) is 0 Å². The zero-order valence-electron chi connectivity index (χ0n) is 17.6. The van der Waals surface area contributed by atoms with Crippen LogP contribution in [0.3, 0.4) is 0 Å². The minimum absolute atomic E-state index is 0.00486. The predicted molar refractivity (Wildman–Crippen MR) is 123 cm³/mol. The van der Waals surface area contributed by atoms with E-state index in [4.69, 9.17) is 20.4 Å². The van der Waals surface area contributed by atoms with Crippen LogP contribution in [0, 0.1) is 0 Å². The summed E-state index contributed by atoms with van der Waals surface area (Å²) in [6, 6.07) is 19.1. The number of nitrogens with one attached hydrogen (secondary N) is 1. The standard InChI is InChI=1S/C25H24ClN3O3/c26-19-7-5-17(6-8-19)22-10-9-20(31-22)15-27-24(30)16-29-13-11-18(12-14-29)25-28-21-3-1-2-4-23(21)32-25/h1-10,18H,11-16H2,(H,27,30). The van der Waals surface area contributed by atoms with Crippen molar-refractivity contribution in [2.75, 3.05) is 19.6 Å². The summed E-state index contributed by atoms with van der Waals surface area (Å²) in [5, 5.41) is 3.64. The monoisotopic (exact) mass is 449 g/mol. The van der Waals surface area contributed by atoms with Gasteiger partial charge in [0.15, 0.2) is 11.5 Å².